The fraction of sp³-hybridized carbons (Fsp3) is 0.545. The summed E-state index contributed by atoms with van der Waals surface area (Å²) < 4.78 is 24.7. The minimum atomic E-state index is -3.07. The van der Waals surface area contributed by atoms with Crippen LogP contribution in [0.15, 0.2) is 6.33 Å². The van der Waals surface area contributed by atoms with Crippen molar-refractivity contribution < 1.29 is 8.42 Å². The standard InChI is InChI=1S/C11H14N4O2S/c1-9(2)18(16,17)5-3-4-15-8-14-10(6-12)11(15)7-13/h8-9H,3-5H2,1-2H3. The van der Waals surface area contributed by atoms with E-state index in [9.17, 15) is 8.42 Å². The highest BCUT2D eigenvalue weighted by Crippen LogP contribution is 2.08. The molecule has 0 saturated carbocycles. The summed E-state index contributed by atoms with van der Waals surface area (Å²) in [7, 11) is -3.07. The van der Waals surface area contributed by atoms with Gasteiger partial charge in [-0.05, 0) is 20.3 Å². The van der Waals surface area contributed by atoms with Crippen molar-refractivity contribution in [1.29, 1.82) is 10.5 Å². The lowest BCUT2D eigenvalue weighted by Gasteiger charge is -2.08. The molecule has 0 fully saturated rings. The van der Waals surface area contributed by atoms with Crippen molar-refractivity contribution in [2.24, 2.45) is 0 Å². The predicted octanol–water partition coefficient (Wildman–Crippen LogP) is 0.840. The Hall–Kier alpha value is -1.86. The van der Waals surface area contributed by atoms with Gasteiger partial charge in [0.15, 0.2) is 21.2 Å². The number of aryl methyl sites for hydroxylation is 1. The summed E-state index contributed by atoms with van der Waals surface area (Å²) >= 11 is 0. The van der Waals surface area contributed by atoms with Crippen molar-refractivity contribution in [3.05, 3.63) is 17.7 Å². The molecule has 18 heavy (non-hydrogen) atoms. The van der Waals surface area contributed by atoms with Crippen LogP contribution in [-0.4, -0.2) is 29.0 Å². The molecule has 1 aromatic heterocycles. The number of hydrogen-bond acceptors (Lipinski definition) is 5. The van der Waals surface area contributed by atoms with Crippen LogP contribution in [0.3, 0.4) is 0 Å². The van der Waals surface area contributed by atoms with Crippen LogP contribution in [0.4, 0.5) is 0 Å². The second kappa shape index (κ2) is 5.65. The minimum Gasteiger partial charge on any atom is -0.321 e. The maximum atomic E-state index is 11.6. The zero-order valence-corrected chi connectivity index (χ0v) is 11.1. The molecule has 0 saturated heterocycles. The third kappa shape index (κ3) is 3.08. The summed E-state index contributed by atoms with van der Waals surface area (Å²) in [5.41, 5.74) is 0.253. The van der Waals surface area contributed by atoms with Gasteiger partial charge in [-0.2, -0.15) is 10.5 Å². The van der Waals surface area contributed by atoms with Gasteiger partial charge in [0, 0.05) is 6.54 Å². The first-order chi connectivity index (χ1) is 8.42. The third-order valence-corrected chi connectivity index (χ3v) is 4.89. The van der Waals surface area contributed by atoms with Gasteiger partial charge in [0.1, 0.15) is 12.1 Å². The van der Waals surface area contributed by atoms with E-state index in [1.807, 2.05) is 12.1 Å². The van der Waals surface area contributed by atoms with Gasteiger partial charge in [-0.25, -0.2) is 13.4 Å². The molecule has 0 aromatic carbocycles. The molecule has 0 spiro atoms. The zero-order valence-electron chi connectivity index (χ0n) is 10.3. The largest absolute Gasteiger partial charge is 0.321 e. The van der Waals surface area contributed by atoms with Crippen molar-refractivity contribution in [1.82, 2.24) is 9.55 Å². The number of aromatic nitrogens is 2. The number of nitrogens with zero attached hydrogens (tertiary/aromatic N) is 4. The van der Waals surface area contributed by atoms with E-state index in [0.717, 1.165) is 0 Å². The van der Waals surface area contributed by atoms with E-state index in [0.29, 0.717) is 13.0 Å². The summed E-state index contributed by atoms with van der Waals surface area (Å²) in [6.07, 6.45) is 1.79. The highest BCUT2D eigenvalue weighted by Gasteiger charge is 2.16. The molecule has 1 rings (SSSR count). The fourth-order valence-corrected chi connectivity index (χ4v) is 2.43. The summed E-state index contributed by atoms with van der Waals surface area (Å²) in [5, 5.41) is 17.2. The van der Waals surface area contributed by atoms with E-state index >= 15 is 0 Å². The molecule has 0 unspecified atom stereocenters. The molecular weight excluding hydrogens is 252 g/mol. The average Bonchev–Trinajstić information content (AvgIpc) is 2.70. The Morgan fingerprint density at radius 3 is 2.56 bits per heavy atom. The van der Waals surface area contributed by atoms with Gasteiger partial charge in [-0.1, -0.05) is 0 Å². The number of rotatable bonds is 5. The molecule has 1 heterocycles. The van der Waals surface area contributed by atoms with Crippen LogP contribution in [0.1, 0.15) is 31.7 Å². The van der Waals surface area contributed by atoms with Crippen molar-refractivity contribution in [3.63, 3.8) is 0 Å². The molecule has 7 heteroatoms. The number of imidazole rings is 1. The molecule has 0 aliphatic carbocycles. The minimum absolute atomic E-state index is 0.0651. The first-order valence-corrected chi connectivity index (χ1v) is 7.20. The Kier molecular flexibility index (Phi) is 4.46. The molecular formula is C11H14N4O2S. The maximum Gasteiger partial charge on any atom is 0.176 e. The van der Waals surface area contributed by atoms with Crippen LogP contribution >= 0.6 is 0 Å². The van der Waals surface area contributed by atoms with E-state index in [1.165, 1.54) is 10.9 Å². The number of nitriles is 2. The topological polar surface area (TPSA) is 99.5 Å². The van der Waals surface area contributed by atoms with Gasteiger partial charge in [-0.15, -0.1) is 0 Å². The van der Waals surface area contributed by atoms with Crippen LogP contribution in [0.5, 0.6) is 0 Å². The second-order valence-corrected chi connectivity index (χ2v) is 6.80. The highest BCUT2D eigenvalue weighted by molar-refractivity contribution is 7.91. The highest BCUT2D eigenvalue weighted by atomic mass is 32.2. The molecule has 0 atom stereocenters. The Labute approximate surface area is 106 Å². The number of sulfone groups is 1. The molecule has 96 valence electrons. The van der Waals surface area contributed by atoms with Crippen LogP contribution in [0.2, 0.25) is 0 Å². The van der Waals surface area contributed by atoms with E-state index < -0.39 is 15.1 Å². The third-order valence-electron chi connectivity index (χ3n) is 2.60. The molecule has 0 aliphatic heterocycles. The average molecular weight is 266 g/mol. The zero-order chi connectivity index (χ0) is 13.8. The van der Waals surface area contributed by atoms with Crippen LogP contribution in [-0.2, 0) is 16.4 Å². The lowest BCUT2D eigenvalue weighted by Crippen LogP contribution is -2.19. The molecule has 0 aliphatic rings. The lowest BCUT2D eigenvalue weighted by molar-refractivity contribution is 0.577. The van der Waals surface area contributed by atoms with Gasteiger partial charge in [0.2, 0.25) is 0 Å². The molecule has 1 aromatic rings. The van der Waals surface area contributed by atoms with E-state index in [-0.39, 0.29) is 17.1 Å². The summed E-state index contributed by atoms with van der Waals surface area (Å²) in [4.78, 5) is 3.79. The first kappa shape index (κ1) is 14.2. The van der Waals surface area contributed by atoms with Gasteiger partial charge in [0.25, 0.3) is 0 Å². The van der Waals surface area contributed by atoms with Gasteiger partial charge >= 0.3 is 0 Å². The molecule has 0 N–H and O–H groups in total. The Balaban J connectivity index is 2.70. The van der Waals surface area contributed by atoms with Gasteiger partial charge in [0.05, 0.1) is 17.3 Å². The Morgan fingerprint density at radius 2 is 2.06 bits per heavy atom. The predicted molar refractivity (Wildman–Crippen MR) is 65.2 cm³/mol. The smallest absolute Gasteiger partial charge is 0.176 e. The van der Waals surface area contributed by atoms with Crippen molar-refractivity contribution in [2.75, 3.05) is 5.75 Å². The fourth-order valence-electron chi connectivity index (χ4n) is 1.42. The summed E-state index contributed by atoms with van der Waals surface area (Å²) in [6, 6.07) is 3.71. The Bertz CT molecular complexity index is 602. The SMILES string of the molecule is CC(C)S(=O)(=O)CCCn1cnc(C#N)c1C#N. The van der Waals surface area contributed by atoms with E-state index in [2.05, 4.69) is 4.98 Å². The second-order valence-electron chi connectivity index (χ2n) is 4.13. The number of hydrogen-bond donors (Lipinski definition) is 0. The van der Waals surface area contributed by atoms with Gasteiger partial charge < -0.3 is 4.57 Å². The van der Waals surface area contributed by atoms with Gasteiger partial charge in [-0.3, -0.25) is 0 Å². The van der Waals surface area contributed by atoms with Crippen molar-refractivity contribution in [3.8, 4) is 12.1 Å². The quantitative estimate of drug-likeness (QED) is 0.786. The van der Waals surface area contributed by atoms with E-state index in [1.54, 1.807) is 13.8 Å². The first-order valence-electron chi connectivity index (χ1n) is 5.49. The molecule has 6 nitrogen and oxygen atoms in total. The molecule has 0 amide bonds. The molecule has 0 radical (unpaired) electrons. The molecule has 0 bridgehead atoms. The van der Waals surface area contributed by atoms with E-state index in [4.69, 9.17) is 10.5 Å². The van der Waals surface area contributed by atoms with Crippen molar-refractivity contribution >= 4 is 9.84 Å². The van der Waals surface area contributed by atoms with Crippen LogP contribution < -0.4 is 0 Å². The van der Waals surface area contributed by atoms with Crippen molar-refractivity contribution in [2.45, 2.75) is 32.1 Å². The Morgan fingerprint density at radius 1 is 1.39 bits per heavy atom. The monoisotopic (exact) mass is 266 g/mol. The van der Waals surface area contributed by atoms with Crippen LogP contribution in [0, 0.1) is 22.7 Å². The van der Waals surface area contributed by atoms with Crippen LogP contribution in [0.25, 0.3) is 0 Å². The maximum absolute atomic E-state index is 11.6. The summed E-state index contributed by atoms with van der Waals surface area (Å²) in [5.74, 6) is 0.0651. The normalized spacial score (nSPS) is 11.2. The lowest BCUT2D eigenvalue weighted by atomic mass is 10.3. The summed E-state index contributed by atoms with van der Waals surface area (Å²) in [6.45, 7) is 3.64.